The summed E-state index contributed by atoms with van der Waals surface area (Å²) >= 11 is 0. The number of rotatable bonds is 8. The standard InChI is InChI=1S/C17H29N3O2/c1-2-18-17(20-15-8-4-3-5-9-15)19-11-7-12-21-14-16-10-6-13-22-16/h6,10,13,15H,2-5,7-9,11-12,14H2,1H3,(H2,18,19,20). The van der Waals surface area contributed by atoms with Crippen molar-refractivity contribution in [3.63, 3.8) is 0 Å². The van der Waals surface area contributed by atoms with Crippen molar-refractivity contribution in [1.29, 1.82) is 0 Å². The number of guanidine groups is 1. The molecule has 0 radical (unpaired) electrons. The van der Waals surface area contributed by atoms with Gasteiger partial charge in [-0.2, -0.15) is 0 Å². The number of ether oxygens (including phenoxy) is 1. The molecule has 1 fully saturated rings. The highest BCUT2D eigenvalue weighted by atomic mass is 16.5. The zero-order chi connectivity index (χ0) is 15.5. The lowest BCUT2D eigenvalue weighted by atomic mass is 9.96. The van der Waals surface area contributed by atoms with E-state index in [0.717, 1.165) is 31.2 Å². The maximum absolute atomic E-state index is 5.57. The Balaban J connectivity index is 1.61. The number of nitrogens with one attached hydrogen (secondary N) is 2. The summed E-state index contributed by atoms with van der Waals surface area (Å²) in [5.41, 5.74) is 0. The highest BCUT2D eigenvalue weighted by Crippen LogP contribution is 2.17. The van der Waals surface area contributed by atoms with Crippen molar-refractivity contribution in [2.75, 3.05) is 19.7 Å². The number of furan rings is 1. The summed E-state index contributed by atoms with van der Waals surface area (Å²) in [6.45, 7) is 5.02. The van der Waals surface area contributed by atoms with E-state index < -0.39 is 0 Å². The summed E-state index contributed by atoms with van der Waals surface area (Å²) in [4.78, 5) is 4.63. The summed E-state index contributed by atoms with van der Waals surface area (Å²) < 4.78 is 10.8. The van der Waals surface area contributed by atoms with Gasteiger partial charge in [0.25, 0.3) is 0 Å². The molecule has 0 saturated heterocycles. The smallest absolute Gasteiger partial charge is 0.191 e. The minimum atomic E-state index is 0.539. The van der Waals surface area contributed by atoms with Crippen molar-refractivity contribution >= 4 is 5.96 Å². The van der Waals surface area contributed by atoms with Gasteiger partial charge in [-0.05, 0) is 38.3 Å². The molecule has 124 valence electrons. The molecule has 0 spiro atoms. The molecule has 1 saturated carbocycles. The van der Waals surface area contributed by atoms with Crippen LogP contribution in [0.1, 0.15) is 51.2 Å². The molecular weight excluding hydrogens is 278 g/mol. The summed E-state index contributed by atoms with van der Waals surface area (Å²) in [5.74, 6) is 1.82. The quantitative estimate of drug-likeness (QED) is 0.440. The molecule has 1 aliphatic rings. The van der Waals surface area contributed by atoms with Crippen LogP contribution in [0.4, 0.5) is 0 Å². The molecule has 0 unspecified atom stereocenters. The van der Waals surface area contributed by atoms with Crippen molar-refractivity contribution in [2.45, 2.75) is 58.1 Å². The van der Waals surface area contributed by atoms with Crippen LogP contribution < -0.4 is 10.6 Å². The van der Waals surface area contributed by atoms with E-state index in [1.807, 2.05) is 12.1 Å². The lowest BCUT2D eigenvalue weighted by Crippen LogP contribution is -2.44. The van der Waals surface area contributed by atoms with Crippen LogP contribution in [0, 0.1) is 0 Å². The van der Waals surface area contributed by atoms with Crippen LogP contribution in [0.2, 0.25) is 0 Å². The molecule has 1 aliphatic carbocycles. The van der Waals surface area contributed by atoms with E-state index in [-0.39, 0.29) is 0 Å². The van der Waals surface area contributed by atoms with Gasteiger partial charge in [0.05, 0.1) is 6.26 Å². The number of aliphatic imine (C=N–C) groups is 1. The van der Waals surface area contributed by atoms with Gasteiger partial charge in [0, 0.05) is 25.7 Å². The molecule has 0 atom stereocenters. The van der Waals surface area contributed by atoms with Gasteiger partial charge in [-0.15, -0.1) is 0 Å². The van der Waals surface area contributed by atoms with E-state index >= 15 is 0 Å². The van der Waals surface area contributed by atoms with Crippen LogP contribution in [0.3, 0.4) is 0 Å². The van der Waals surface area contributed by atoms with Crippen LogP contribution >= 0.6 is 0 Å². The molecule has 0 aliphatic heterocycles. The van der Waals surface area contributed by atoms with E-state index in [1.165, 1.54) is 32.1 Å². The fourth-order valence-electron chi connectivity index (χ4n) is 2.69. The van der Waals surface area contributed by atoms with Crippen LogP contribution in [0.15, 0.2) is 27.8 Å². The average molecular weight is 307 g/mol. The second-order valence-electron chi connectivity index (χ2n) is 5.73. The van der Waals surface area contributed by atoms with Crippen LogP contribution in [0.25, 0.3) is 0 Å². The van der Waals surface area contributed by atoms with E-state index in [9.17, 15) is 0 Å². The van der Waals surface area contributed by atoms with Crippen molar-refractivity contribution in [3.8, 4) is 0 Å². The Hall–Kier alpha value is -1.49. The lowest BCUT2D eigenvalue weighted by Gasteiger charge is -2.24. The average Bonchev–Trinajstić information content (AvgIpc) is 3.05. The van der Waals surface area contributed by atoms with Crippen molar-refractivity contribution in [2.24, 2.45) is 4.99 Å². The molecule has 0 bridgehead atoms. The van der Waals surface area contributed by atoms with Crippen molar-refractivity contribution in [3.05, 3.63) is 24.2 Å². The van der Waals surface area contributed by atoms with E-state index in [1.54, 1.807) is 6.26 Å². The lowest BCUT2D eigenvalue weighted by molar-refractivity contribution is 0.105. The van der Waals surface area contributed by atoms with Crippen molar-refractivity contribution < 1.29 is 9.15 Å². The molecule has 5 nitrogen and oxygen atoms in total. The molecule has 5 heteroatoms. The van der Waals surface area contributed by atoms with Gasteiger partial charge in [-0.3, -0.25) is 4.99 Å². The Morgan fingerprint density at radius 3 is 2.95 bits per heavy atom. The zero-order valence-corrected chi connectivity index (χ0v) is 13.6. The van der Waals surface area contributed by atoms with Gasteiger partial charge in [0.1, 0.15) is 12.4 Å². The van der Waals surface area contributed by atoms with E-state index in [0.29, 0.717) is 19.3 Å². The Kier molecular flexibility index (Phi) is 7.88. The van der Waals surface area contributed by atoms with Crippen LogP contribution in [-0.4, -0.2) is 31.7 Å². The Bertz CT molecular complexity index is 412. The first-order chi connectivity index (χ1) is 10.9. The molecule has 1 heterocycles. The van der Waals surface area contributed by atoms with E-state index in [2.05, 4.69) is 22.5 Å². The third kappa shape index (κ3) is 6.52. The van der Waals surface area contributed by atoms with Crippen LogP contribution in [0.5, 0.6) is 0 Å². The van der Waals surface area contributed by atoms with Crippen molar-refractivity contribution in [1.82, 2.24) is 10.6 Å². The molecule has 1 aromatic heterocycles. The minimum Gasteiger partial charge on any atom is -0.467 e. The second kappa shape index (κ2) is 10.3. The molecule has 0 aromatic carbocycles. The highest BCUT2D eigenvalue weighted by Gasteiger charge is 2.14. The molecule has 0 amide bonds. The largest absolute Gasteiger partial charge is 0.467 e. The fraction of sp³-hybridized carbons (Fsp3) is 0.706. The van der Waals surface area contributed by atoms with Gasteiger partial charge >= 0.3 is 0 Å². The predicted octanol–water partition coefficient (Wildman–Crippen LogP) is 3.07. The van der Waals surface area contributed by atoms with Crippen LogP contribution in [-0.2, 0) is 11.3 Å². The highest BCUT2D eigenvalue weighted by molar-refractivity contribution is 5.80. The molecule has 2 rings (SSSR count). The Morgan fingerprint density at radius 2 is 2.23 bits per heavy atom. The van der Waals surface area contributed by atoms with Gasteiger partial charge < -0.3 is 19.8 Å². The third-order valence-electron chi connectivity index (χ3n) is 3.83. The normalized spacial score (nSPS) is 16.7. The monoisotopic (exact) mass is 307 g/mol. The fourth-order valence-corrected chi connectivity index (χ4v) is 2.69. The first-order valence-electron chi connectivity index (χ1n) is 8.53. The Morgan fingerprint density at radius 1 is 1.36 bits per heavy atom. The van der Waals surface area contributed by atoms with Gasteiger partial charge in [-0.25, -0.2) is 0 Å². The third-order valence-corrected chi connectivity index (χ3v) is 3.83. The summed E-state index contributed by atoms with van der Waals surface area (Å²) in [5, 5.41) is 6.88. The SMILES string of the molecule is CCNC(=NCCCOCc1ccco1)NC1CCCCC1. The molecule has 22 heavy (non-hydrogen) atoms. The van der Waals surface area contributed by atoms with Gasteiger partial charge in [0.15, 0.2) is 5.96 Å². The predicted molar refractivity (Wildman–Crippen MR) is 89.0 cm³/mol. The summed E-state index contributed by atoms with van der Waals surface area (Å²) in [7, 11) is 0. The Labute approximate surface area is 133 Å². The molecule has 2 N–H and O–H groups in total. The minimum absolute atomic E-state index is 0.539. The summed E-state index contributed by atoms with van der Waals surface area (Å²) in [6, 6.07) is 4.39. The van der Waals surface area contributed by atoms with Gasteiger partial charge in [-0.1, -0.05) is 19.3 Å². The molecule has 1 aromatic rings. The summed E-state index contributed by atoms with van der Waals surface area (Å²) in [6.07, 6.45) is 9.14. The topological polar surface area (TPSA) is 58.8 Å². The maximum Gasteiger partial charge on any atom is 0.191 e. The number of nitrogens with zero attached hydrogens (tertiary/aromatic N) is 1. The number of hydrogen-bond acceptors (Lipinski definition) is 3. The number of hydrogen-bond donors (Lipinski definition) is 2. The van der Waals surface area contributed by atoms with Gasteiger partial charge in [0.2, 0.25) is 0 Å². The second-order valence-corrected chi connectivity index (χ2v) is 5.73. The first-order valence-corrected chi connectivity index (χ1v) is 8.53. The molecular formula is C17H29N3O2. The zero-order valence-electron chi connectivity index (χ0n) is 13.6. The first kappa shape index (κ1) is 16.9. The van der Waals surface area contributed by atoms with E-state index in [4.69, 9.17) is 9.15 Å². The maximum atomic E-state index is 5.57.